The van der Waals surface area contributed by atoms with Crippen LogP contribution >= 0.6 is 0 Å². The highest BCUT2D eigenvalue weighted by Crippen LogP contribution is 2.21. The minimum Gasteiger partial charge on any atom is -0.339 e. The van der Waals surface area contributed by atoms with Gasteiger partial charge in [-0.3, -0.25) is 19.1 Å². The lowest BCUT2D eigenvalue weighted by Crippen LogP contribution is -2.35. The first kappa shape index (κ1) is 15.5. The lowest BCUT2D eigenvalue weighted by molar-refractivity contribution is -0.129. The molecule has 1 amide bonds. The molecule has 0 aromatic carbocycles. The number of carbonyl (C=O) groups is 2. The van der Waals surface area contributed by atoms with Crippen molar-refractivity contribution in [2.45, 2.75) is 46.2 Å². The predicted octanol–water partition coefficient (Wildman–Crippen LogP) is 1.69. The first-order valence-electron chi connectivity index (χ1n) is 7.45. The molecule has 114 valence electrons. The third-order valence-corrected chi connectivity index (χ3v) is 3.60. The van der Waals surface area contributed by atoms with Gasteiger partial charge in [0.2, 0.25) is 11.8 Å². The molecular weight excluding hydrogens is 266 g/mol. The average Bonchev–Trinajstić information content (AvgIpc) is 2.80. The topological polar surface area (TPSA) is 54.7 Å². The SMILES string of the molecule is CC(C)N=c1ccccn1C(=O)[C@@H]1CC(=O)N(C(C)C)C1. The number of amides is 1. The van der Waals surface area contributed by atoms with Gasteiger partial charge in [0, 0.05) is 31.2 Å². The van der Waals surface area contributed by atoms with E-state index in [2.05, 4.69) is 4.99 Å². The van der Waals surface area contributed by atoms with Gasteiger partial charge in [-0.15, -0.1) is 0 Å². The molecule has 5 nitrogen and oxygen atoms in total. The number of hydrogen-bond acceptors (Lipinski definition) is 3. The molecule has 0 saturated carbocycles. The summed E-state index contributed by atoms with van der Waals surface area (Å²) in [5.41, 5.74) is 0.646. The normalized spacial score (nSPS) is 19.9. The van der Waals surface area contributed by atoms with Crippen LogP contribution in [0.4, 0.5) is 0 Å². The van der Waals surface area contributed by atoms with Crippen LogP contribution in [0.1, 0.15) is 38.9 Å². The Morgan fingerprint density at radius 2 is 2.00 bits per heavy atom. The molecule has 0 unspecified atom stereocenters. The number of pyridine rings is 1. The summed E-state index contributed by atoms with van der Waals surface area (Å²) in [4.78, 5) is 30.9. The Hall–Kier alpha value is -1.91. The molecule has 1 aliphatic rings. The van der Waals surface area contributed by atoms with Crippen molar-refractivity contribution in [2.75, 3.05) is 6.54 Å². The van der Waals surface area contributed by atoms with E-state index in [1.807, 2.05) is 45.9 Å². The van der Waals surface area contributed by atoms with E-state index in [0.29, 0.717) is 18.5 Å². The van der Waals surface area contributed by atoms with Crippen LogP contribution in [0.25, 0.3) is 0 Å². The van der Waals surface area contributed by atoms with Crippen LogP contribution < -0.4 is 5.49 Å². The molecule has 1 atom stereocenters. The first-order chi connectivity index (χ1) is 9.90. The molecule has 2 heterocycles. The van der Waals surface area contributed by atoms with E-state index in [-0.39, 0.29) is 29.8 Å². The molecule has 0 radical (unpaired) electrons. The lowest BCUT2D eigenvalue weighted by atomic mass is 10.1. The van der Waals surface area contributed by atoms with Crippen LogP contribution in [-0.4, -0.2) is 39.9 Å². The van der Waals surface area contributed by atoms with Gasteiger partial charge in [-0.1, -0.05) is 6.07 Å². The summed E-state index contributed by atoms with van der Waals surface area (Å²) in [6.07, 6.45) is 2.02. The van der Waals surface area contributed by atoms with Gasteiger partial charge in [-0.25, -0.2) is 0 Å². The predicted molar refractivity (Wildman–Crippen MR) is 80.7 cm³/mol. The van der Waals surface area contributed by atoms with Crippen LogP contribution in [0.3, 0.4) is 0 Å². The quantitative estimate of drug-likeness (QED) is 0.850. The van der Waals surface area contributed by atoms with E-state index in [9.17, 15) is 9.59 Å². The van der Waals surface area contributed by atoms with Crippen LogP contribution in [0.5, 0.6) is 0 Å². The van der Waals surface area contributed by atoms with Crippen LogP contribution in [0.15, 0.2) is 29.4 Å². The highest BCUT2D eigenvalue weighted by Gasteiger charge is 2.36. The maximum atomic E-state index is 12.7. The van der Waals surface area contributed by atoms with Crippen molar-refractivity contribution in [3.05, 3.63) is 29.9 Å². The third-order valence-electron chi connectivity index (χ3n) is 3.60. The van der Waals surface area contributed by atoms with Gasteiger partial charge in [0.1, 0.15) is 5.49 Å². The zero-order chi connectivity index (χ0) is 15.6. The minimum absolute atomic E-state index is 0.0495. The van der Waals surface area contributed by atoms with E-state index in [4.69, 9.17) is 0 Å². The second-order valence-corrected chi connectivity index (χ2v) is 6.03. The van der Waals surface area contributed by atoms with Crippen molar-refractivity contribution < 1.29 is 9.59 Å². The minimum atomic E-state index is -0.284. The van der Waals surface area contributed by atoms with Crippen LogP contribution in [0, 0.1) is 5.92 Å². The first-order valence-corrected chi connectivity index (χ1v) is 7.45. The molecule has 1 aliphatic heterocycles. The van der Waals surface area contributed by atoms with E-state index >= 15 is 0 Å². The number of rotatable bonds is 3. The van der Waals surface area contributed by atoms with E-state index in [1.165, 1.54) is 0 Å². The highest BCUT2D eigenvalue weighted by molar-refractivity contribution is 5.90. The van der Waals surface area contributed by atoms with Gasteiger partial charge in [0.05, 0.1) is 5.92 Å². The summed E-state index contributed by atoms with van der Waals surface area (Å²) in [5, 5.41) is 0. The van der Waals surface area contributed by atoms with Gasteiger partial charge in [-0.2, -0.15) is 0 Å². The number of carbonyl (C=O) groups excluding carboxylic acids is 2. The maximum Gasteiger partial charge on any atom is 0.237 e. The largest absolute Gasteiger partial charge is 0.339 e. The summed E-state index contributed by atoms with van der Waals surface area (Å²) >= 11 is 0. The van der Waals surface area contributed by atoms with Crippen LogP contribution in [-0.2, 0) is 4.79 Å². The number of likely N-dealkylation sites (tertiary alicyclic amines) is 1. The Morgan fingerprint density at radius 1 is 1.29 bits per heavy atom. The molecule has 1 fully saturated rings. The standard InChI is InChI=1S/C16H23N3O2/c1-11(2)17-14-7-5-6-8-18(14)16(21)13-9-15(20)19(10-13)12(3)4/h5-8,11-13H,9-10H2,1-4H3/t13-/m1/s1. The van der Waals surface area contributed by atoms with Crippen molar-refractivity contribution in [3.8, 4) is 0 Å². The fourth-order valence-electron chi connectivity index (χ4n) is 2.58. The van der Waals surface area contributed by atoms with E-state index in [1.54, 1.807) is 15.7 Å². The average molecular weight is 289 g/mol. The van der Waals surface area contributed by atoms with Crippen molar-refractivity contribution in [3.63, 3.8) is 0 Å². The van der Waals surface area contributed by atoms with Gasteiger partial charge >= 0.3 is 0 Å². The number of aromatic nitrogens is 1. The van der Waals surface area contributed by atoms with Gasteiger partial charge < -0.3 is 4.90 Å². The number of nitrogens with zero attached hydrogens (tertiary/aromatic N) is 3. The number of hydrogen-bond donors (Lipinski definition) is 0. The van der Waals surface area contributed by atoms with E-state index in [0.717, 1.165) is 0 Å². The molecule has 21 heavy (non-hydrogen) atoms. The summed E-state index contributed by atoms with van der Waals surface area (Å²) in [6.45, 7) is 8.39. The molecule has 0 N–H and O–H groups in total. The second-order valence-electron chi connectivity index (χ2n) is 6.03. The zero-order valence-corrected chi connectivity index (χ0v) is 13.1. The highest BCUT2D eigenvalue weighted by atomic mass is 16.2. The van der Waals surface area contributed by atoms with Gasteiger partial charge in [0.15, 0.2) is 0 Å². The lowest BCUT2D eigenvalue weighted by Gasteiger charge is -2.20. The third kappa shape index (κ3) is 3.40. The molecule has 2 rings (SSSR count). The molecule has 1 aromatic heterocycles. The van der Waals surface area contributed by atoms with Crippen molar-refractivity contribution in [1.82, 2.24) is 9.47 Å². The summed E-state index contributed by atoms with van der Waals surface area (Å²) in [5.74, 6) is -0.276. The zero-order valence-electron chi connectivity index (χ0n) is 13.1. The summed E-state index contributed by atoms with van der Waals surface area (Å²) < 4.78 is 1.57. The maximum absolute atomic E-state index is 12.7. The Morgan fingerprint density at radius 3 is 2.57 bits per heavy atom. The molecular formula is C16H23N3O2. The van der Waals surface area contributed by atoms with Gasteiger partial charge in [0.25, 0.3) is 0 Å². The molecule has 5 heteroatoms. The Kier molecular flexibility index (Phi) is 4.60. The Labute approximate surface area is 125 Å². The monoisotopic (exact) mass is 289 g/mol. The van der Waals surface area contributed by atoms with Crippen molar-refractivity contribution >= 4 is 11.8 Å². The van der Waals surface area contributed by atoms with Gasteiger partial charge in [-0.05, 0) is 39.8 Å². The molecule has 0 spiro atoms. The van der Waals surface area contributed by atoms with Crippen molar-refractivity contribution in [1.29, 1.82) is 0 Å². The van der Waals surface area contributed by atoms with Crippen molar-refractivity contribution in [2.24, 2.45) is 10.9 Å². The fourth-order valence-corrected chi connectivity index (χ4v) is 2.58. The Balaban J connectivity index is 2.28. The van der Waals surface area contributed by atoms with E-state index < -0.39 is 0 Å². The molecule has 0 aliphatic carbocycles. The fraction of sp³-hybridized carbons (Fsp3) is 0.562. The van der Waals surface area contributed by atoms with Crippen LogP contribution in [0.2, 0.25) is 0 Å². The molecule has 0 bridgehead atoms. The summed E-state index contributed by atoms with van der Waals surface area (Å²) in [7, 11) is 0. The molecule has 1 aromatic rings. The smallest absolute Gasteiger partial charge is 0.237 e. The Bertz CT molecular complexity index is 602. The second kappa shape index (κ2) is 6.24. The summed E-state index contributed by atoms with van der Waals surface area (Å²) in [6, 6.07) is 5.76. The molecule has 1 saturated heterocycles.